The first-order valence-corrected chi connectivity index (χ1v) is 12.0. The highest BCUT2D eigenvalue weighted by Crippen LogP contribution is 2.32. The minimum Gasteiger partial charge on any atom is -0.868 e. The predicted octanol–water partition coefficient (Wildman–Crippen LogP) is 2.42. The highest BCUT2D eigenvalue weighted by atomic mass is 35.5. The van der Waals surface area contributed by atoms with E-state index in [0.29, 0.717) is 62.5 Å². The molecule has 1 amide bonds. The molecule has 1 aliphatic heterocycles. The zero-order valence-electron chi connectivity index (χ0n) is 18.0. The Morgan fingerprint density at radius 3 is 2.41 bits per heavy atom. The summed E-state index contributed by atoms with van der Waals surface area (Å²) in [5.41, 5.74) is 0.803. The topological polar surface area (TPSA) is 83.8 Å². The average Bonchev–Trinajstić information content (AvgIpc) is 2.82. The van der Waals surface area contributed by atoms with Crippen LogP contribution < -0.4 is 20.1 Å². The number of halogens is 1. The van der Waals surface area contributed by atoms with E-state index in [9.17, 15) is 14.7 Å². The maximum Gasteiger partial charge on any atom is 0.305 e. The molecule has 1 aromatic heterocycles. The first kappa shape index (κ1) is 22.4. The number of methoxy groups -OCH3 is 2. The van der Waals surface area contributed by atoms with Gasteiger partial charge in [0.2, 0.25) is 4.90 Å². The minimum atomic E-state index is -0.536. The summed E-state index contributed by atoms with van der Waals surface area (Å²) in [6, 6.07) is 10.0. The molecule has 1 saturated heterocycles. The Hall–Kier alpha value is -2.84. The Labute approximate surface area is 193 Å². The van der Waals surface area contributed by atoms with Crippen LogP contribution in [-0.4, -0.2) is 54.2 Å². The second-order valence-corrected chi connectivity index (χ2v) is 10.1. The second-order valence-electron chi connectivity index (χ2n) is 7.45. The Bertz CT molecular complexity index is 1250. The monoisotopic (exact) mass is 474 g/mol. The van der Waals surface area contributed by atoms with Crippen LogP contribution in [0.25, 0.3) is 10.9 Å². The van der Waals surface area contributed by atoms with E-state index in [-0.39, 0.29) is 17.2 Å². The molecular weight excluding hydrogens is 452 g/mol. The third kappa shape index (κ3) is 3.89. The van der Waals surface area contributed by atoms with Crippen molar-refractivity contribution in [1.82, 2.24) is 9.47 Å². The molecule has 2 aromatic carbocycles. The molecule has 7 nitrogen and oxygen atoms in total. The van der Waals surface area contributed by atoms with Gasteiger partial charge in [-0.2, -0.15) is 0 Å². The van der Waals surface area contributed by atoms with Gasteiger partial charge < -0.3 is 24.0 Å². The fourth-order valence-corrected chi connectivity index (χ4v) is 6.35. The van der Waals surface area contributed by atoms with E-state index in [0.717, 1.165) is 0 Å². The summed E-state index contributed by atoms with van der Waals surface area (Å²) < 4.78 is 12.0. The van der Waals surface area contributed by atoms with Crippen molar-refractivity contribution in [3.63, 3.8) is 0 Å². The summed E-state index contributed by atoms with van der Waals surface area (Å²) in [4.78, 5) is 28.0. The van der Waals surface area contributed by atoms with Crippen molar-refractivity contribution in [2.24, 2.45) is 7.05 Å². The van der Waals surface area contributed by atoms with E-state index in [2.05, 4.69) is 0 Å². The number of rotatable bonds is 4. The number of nitrogens with zero attached hydrogens (tertiary/aromatic N) is 2. The lowest BCUT2D eigenvalue weighted by atomic mass is 10.1. The maximum absolute atomic E-state index is 13.1. The van der Waals surface area contributed by atoms with E-state index in [1.165, 1.54) is 11.7 Å². The van der Waals surface area contributed by atoms with Crippen molar-refractivity contribution in [3.8, 4) is 17.2 Å². The van der Waals surface area contributed by atoms with Gasteiger partial charge in [0.15, 0.2) is 11.5 Å². The van der Waals surface area contributed by atoms with Gasteiger partial charge in [-0.1, -0.05) is 11.6 Å². The van der Waals surface area contributed by atoms with Gasteiger partial charge in [-0.3, -0.25) is 9.59 Å². The fourth-order valence-electron chi connectivity index (χ4n) is 3.93. The number of ether oxygens (including phenoxy) is 2. The van der Waals surface area contributed by atoms with Crippen LogP contribution in [-0.2, 0) is 17.9 Å². The Kier molecular flexibility index (Phi) is 6.26. The van der Waals surface area contributed by atoms with E-state index in [1.54, 1.807) is 55.5 Å². The van der Waals surface area contributed by atoms with Crippen LogP contribution in [0.2, 0.25) is 5.02 Å². The largest absolute Gasteiger partial charge is 0.868 e. The van der Waals surface area contributed by atoms with Crippen LogP contribution in [0.5, 0.6) is 17.2 Å². The van der Waals surface area contributed by atoms with Crippen molar-refractivity contribution in [1.29, 1.82) is 0 Å². The number of carbonyl (C=O) groups is 1. The molecule has 0 atom stereocenters. The summed E-state index contributed by atoms with van der Waals surface area (Å²) in [5, 5.41) is 14.1. The first-order valence-electron chi connectivity index (χ1n) is 10.0. The number of hydrogen-bond donors (Lipinski definition) is 0. The number of pyridine rings is 1. The number of hydrogen-bond acceptors (Lipinski definition) is 5. The molecular formula is C23H23ClN2O5S. The molecule has 2 heterocycles. The number of aromatic nitrogens is 1. The normalized spacial score (nSPS) is 14.6. The smallest absolute Gasteiger partial charge is 0.305 e. The highest BCUT2D eigenvalue weighted by molar-refractivity contribution is 7.97. The average molecular weight is 475 g/mol. The van der Waals surface area contributed by atoms with E-state index in [1.807, 2.05) is 0 Å². The lowest BCUT2D eigenvalue weighted by Crippen LogP contribution is -2.45. The van der Waals surface area contributed by atoms with Crippen LogP contribution >= 0.6 is 11.6 Å². The molecule has 1 fully saturated rings. The third-order valence-electron chi connectivity index (χ3n) is 5.69. The molecule has 0 N–H and O–H groups in total. The van der Waals surface area contributed by atoms with Crippen molar-refractivity contribution >= 4 is 39.3 Å². The van der Waals surface area contributed by atoms with Gasteiger partial charge >= 0.3 is 5.56 Å². The van der Waals surface area contributed by atoms with Crippen LogP contribution in [0.15, 0.2) is 46.1 Å². The van der Waals surface area contributed by atoms with Crippen molar-refractivity contribution < 1.29 is 19.4 Å². The third-order valence-corrected chi connectivity index (χ3v) is 8.21. The van der Waals surface area contributed by atoms with Gasteiger partial charge in [0, 0.05) is 28.5 Å². The molecule has 168 valence electrons. The minimum absolute atomic E-state index is 0.116. The molecule has 0 aliphatic carbocycles. The molecule has 0 bridgehead atoms. The highest BCUT2D eigenvalue weighted by Gasteiger charge is 2.35. The molecule has 4 rings (SSSR count). The molecule has 9 heteroatoms. The van der Waals surface area contributed by atoms with E-state index >= 15 is 0 Å². The van der Waals surface area contributed by atoms with Crippen LogP contribution in [0.4, 0.5) is 0 Å². The zero-order chi connectivity index (χ0) is 23.0. The first-order chi connectivity index (χ1) is 15.3. The van der Waals surface area contributed by atoms with Crippen molar-refractivity contribution in [2.75, 3.05) is 38.8 Å². The summed E-state index contributed by atoms with van der Waals surface area (Å²) in [6.45, 7) is 0.929. The number of benzene rings is 2. The Morgan fingerprint density at radius 1 is 1.06 bits per heavy atom. The Morgan fingerprint density at radius 2 is 1.75 bits per heavy atom. The molecule has 32 heavy (non-hydrogen) atoms. The molecule has 0 radical (unpaired) electrons. The van der Waals surface area contributed by atoms with E-state index in [4.69, 9.17) is 21.1 Å². The number of aryl methyl sites for hydroxylation is 1. The van der Waals surface area contributed by atoms with E-state index < -0.39 is 10.9 Å². The van der Waals surface area contributed by atoms with Gasteiger partial charge in [0.05, 0.1) is 32.8 Å². The number of carbonyl (C=O) groups excluding carboxylic acids is 1. The molecule has 1 aliphatic rings. The SMILES string of the molecule is COc1ccc(C(=O)N2CC[S+](c3c([O-])c4cc(Cl)ccc4n(C)c3=O)CC2)cc1OC. The fraction of sp³-hybridized carbons (Fsp3) is 0.304. The van der Waals surface area contributed by atoms with Gasteiger partial charge in [0.25, 0.3) is 5.91 Å². The number of fused-ring (bicyclic) bond motifs is 1. The van der Waals surface area contributed by atoms with Gasteiger partial charge in [0.1, 0.15) is 11.5 Å². The zero-order valence-corrected chi connectivity index (χ0v) is 19.6. The number of amides is 1. The summed E-state index contributed by atoms with van der Waals surface area (Å²) in [6.07, 6.45) is 0. The molecule has 0 saturated carbocycles. The maximum atomic E-state index is 13.1. The second kappa shape index (κ2) is 8.96. The van der Waals surface area contributed by atoms with Crippen molar-refractivity contribution in [3.05, 3.63) is 57.3 Å². The summed E-state index contributed by atoms with van der Waals surface area (Å²) >= 11 is 6.09. The van der Waals surface area contributed by atoms with Gasteiger partial charge in [-0.15, -0.1) is 0 Å². The lowest BCUT2D eigenvalue weighted by Gasteiger charge is -2.28. The van der Waals surface area contributed by atoms with Gasteiger partial charge in [-0.05, 0) is 47.5 Å². The van der Waals surface area contributed by atoms with Crippen LogP contribution in [0.1, 0.15) is 10.4 Å². The Balaban J connectivity index is 1.57. The standard InChI is InChI=1S/C23H23ClN2O5S/c1-25-17-6-5-15(24)13-16(17)20(27)21(23(25)29)32-10-8-26(9-11-32)22(28)14-4-7-18(30-2)19(12-14)31-3/h4-7,12-13H,8-11H2,1-3H3. The quantitative estimate of drug-likeness (QED) is 0.542. The molecule has 3 aromatic rings. The molecule has 0 spiro atoms. The van der Waals surface area contributed by atoms with Crippen LogP contribution in [0.3, 0.4) is 0 Å². The van der Waals surface area contributed by atoms with Crippen LogP contribution in [0, 0.1) is 0 Å². The summed E-state index contributed by atoms with van der Waals surface area (Å²) in [7, 11) is 4.20. The lowest BCUT2D eigenvalue weighted by molar-refractivity contribution is -0.270. The molecule has 0 unspecified atom stereocenters. The summed E-state index contributed by atoms with van der Waals surface area (Å²) in [5.74, 6) is 1.80. The predicted molar refractivity (Wildman–Crippen MR) is 124 cm³/mol. The van der Waals surface area contributed by atoms with Crippen molar-refractivity contribution in [2.45, 2.75) is 4.90 Å². The van der Waals surface area contributed by atoms with Gasteiger partial charge in [-0.25, -0.2) is 0 Å².